The molecule has 0 aliphatic heterocycles. The van der Waals surface area contributed by atoms with Crippen LogP contribution in [0, 0.1) is 5.92 Å². The fraction of sp³-hybridized carbons (Fsp3) is 0.684. The molecule has 2 nitrogen and oxygen atoms in total. The highest BCUT2D eigenvalue weighted by Crippen LogP contribution is 2.10. The van der Waals surface area contributed by atoms with Gasteiger partial charge in [0.15, 0.2) is 0 Å². The zero-order valence-electron chi connectivity index (χ0n) is 14.5. The summed E-state index contributed by atoms with van der Waals surface area (Å²) in [6.07, 6.45) is 3.56. The Morgan fingerprint density at radius 2 is 1.71 bits per heavy atom. The average Bonchev–Trinajstić information content (AvgIpc) is 2.39. The predicted molar refractivity (Wildman–Crippen MR) is 91.6 cm³/mol. The first-order valence-corrected chi connectivity index (χ1v) is 8.31. The molecule has 0 amide bonds. The van der Waals surface area contributed by atoms with Crippen LogP contribution in [0.4, 0.5) is 0 Å². The first-order chi connectivity index (χ1) is 9.90. The number of ether oxygens (including phenoxy) is 1. The zero-order chi connectivity index (χ0) is 15.7. The van der Waals surface area contributed by atoms with Crippen molar-refractivity contribution in [1.82, 2.24) is 5.32 Å². The van der Waals surface area contributed by atoms with Crippen LogP contribution < -0.4 is 5.32 Å². The van der Waals surface area contributed by atoms with Crippen LogP contribution in [0.2, 0.25) is 0 Å². The fourth-order valence-corrected chi connectivity index (χ4v) is 2.34. The molecule has 0 radical (unpaired) electrons. The van der Waals surface area contributed by atoms with Crippen LogP contribution >= 0.6 is 0 Å². The lowest BCUT2D eigenvalue weighted by atomic mass is 10.1. The Kier molecular flexibility index (Phi) is 7.98. The summed E-state index contributed by atoms with van der Waals surface area (Å²) in [6.45, 7) is 13.7. The van der Waals surface area contributed by atoms with E-state index in [9.17, 15) is 0 Å². The third-order valence-corrected chi connectivity index (χ3v) is 3.54. The Labute approximate surface area is 131 Å². The van der Waals surface area contributed by atoms with E-state index in [1.54, 1.807) is 0 Å². The normalized spacial score (nSPS) is 13.4. The summed E-state index contributed by atoms with van der Waals surface area (Å²) in [4.78, 5) is 0. The lowest BCUT2D eigenvalue weighted by Gasteiger charge is -2.20. The van der Waals surface area contributed by atoms with E-state index in [0.717, 1.165) is 26.2 Å². The van der Waals surface area contributed by atoms with Gasteiger partial charge in [0.05, 0.1) is 6.61 Å². The molecule has 120 valence electrons. The minimum absolute atomic E-state index is 0.197. The van der Waals surface area contributed by atoms with Gasteiger partial charge >= 0.3 is 0 Å². The number of hydrogen-bond donors (Lipinski definition) is 1. The second-order valence-corrected chi connectivity index (χ2v) is 7.15. The highest BCUT2D eigenvalue weighted by Gasteiger charge is 2.07. The van der Waals surface area contributed by atoms with Gasteiger partial charge in [0.1, 0.15) is 0 Å². The van der Waals surface area contributed by atoms with Crippen molar-refractivity contribution in [2.24, 2.45) is 5.92 Å². The van der Waals surface area contributed by atoms with E-state index in [2.05, 4.69) is 64.2 Å². The molecule has 0 bridgehead atoms. The topological polar surface area (TPSA) is 21.3 Å². The van der Waals surface area contributed by atoms with Gasteiger partial charge in [-0.25, -0.2) is 0 Å². The molecule has 1 N–H and O–H groups in total. The third kappa shape index (κ3) is 8.90. The molecule has 0 aliphatic rings. The Hall–Kier alpha value is -0.860. The van der Waals surface area contributed by atoms with Gasteiger partial charge in [0.25, 0.3) is 0 Å². The number of benzene rings is 1. The molecule has 0 aromatic heterocycles. The molecule has 0 saturated carbocycles. The van der Waals surface area contributed by atoms with Crippen molar-refractivity contribution in [2.45, 2.75) is 66.0 Å². The molecule has 0 aliphatic carbocycles. The summed E-state index contributed by atoms with van der Waals surface area (Å²) in [5, 5.41) is 3.52. The van der Waals surface area contributed by atoms with Crippen LogP contribution in [0.1, 0.15) is 58.6 Å². The second-order valence-electron chi connectivity index (χ2n) is 7.15. The van der Waals surface area contributed by atoms with E-state index in [1.165, 1.54) is 24.0 Å². The summed E-state index contributed by atoms with van der Waals surface area (Å²) in [6, 6.07) is 8.82. The van der Waals surface area contributed by atoms with Crippen LogP contribution in [-0.4, -0.2) is 18.7 Å². The molecule has 1 aromatic rings. The van der Waals surface area contributed by atoms with Crippen LogP contribution in [0.25, 0.3) is 0 Å². The van der Waals surface area contributed by atoms with Gasteiger partial charge in [-0.1, -0.05) is 44.5 Å². The first kappa shape index (κ1) is 18.2. The molecular weight excluding hydrogens is 258 g/mol. The van der Waals surface area contributed by atoms with E-state index in [-0.39, 0.29) is 5.54 Å². The standard InChI is InChI=1S/C19H33NO/c1-6-7-16(2)14-21-15-18-10-8-17(9-11-18)12-13-20-19(3,4)5/h8-11,16,20H,6-7,12-15H2,1-5H3. The Bertz CT molecular complexity index is 378. The lowest BCUT2D eigenvalue weighted by molar-refractivity contribution is 0.0893. The average molecular weight is 291 g/mol. The maximum absolute atomic E-state index is 5.79. The van der Waals surface area contributed by atoms with E-state index in [1.807, 2.05) is 0 Å². The molecular formula is C19H33NO. The molecule has 2 heteroatoms. The monoisotopic (exact) mass is 291 g/mol. The van der Waals surface area contributed by atoms with Gasteiger partial charge in [0.2, 0.25) is 0 Å². The minimum atomic E-state index is 0.197. The molecule has 1 aromatic carbocycles. The van der Waals surface area contributed by atoms with Crippen molar-refractivity contribution in [3.05, 3.63) is 35.4 Å². The van der Waals surface area contributed by atoms with E-state index in [4.69, 9.17) is 4.74 Å². The third-order valence-electron chi connectivity index (χ3n) is 3.54. The summed E-state index contributed by atoms with van der Waals surface area (Å²) in [5.74, 6) is 0.665. The van der Waals surface area contributed by atoms with Crippen LogP contribution in [-0.2, 0) is 17.8 Å². The van der Waals surface area contributed by atoms with Crippen molar-refractivity contribution in [3.63, 3.8) is 0 Å². The highest BCUT2D eigenvalue weighted by atomic mass is 16.5. The van der Waals surface area contributed by atoms with Gasteiger partial charge in [-0.3, -0.25) is 0 Å². The second kappa shape index (κ2) is 9.22. The quantitative estimate of drug-likeness (QED) is 0.719. The fourth-order valence-electron chi connectivity index (χ4n) is 2.34. The molecule has 1 atom stereocenters. The Morgan fingerprint density at radius 3 is 2.29 bits per heavy atom. The SMILES string of the molecule is CCCC(C)COCc1ccc(CCNC(C)(C)C)cc1. The number of hydrogen-bond acceptors (Lipinski definition) is 2. The van der Waals surface area contributed by atoms with Gasteiger partial charge in [-0.15, -0.1) is 0 Å². The van der Waals surface area contributed by atoms with Gasteiger partial charge in [-0.05, 0) is 57.2 Å². The van der Waals surface area contributed by atoms with Crippen LogP contribution in [0.5, 0.6) is 0 Å². The molecule has 0 saturated heterocycles. The van der Waals surface area contributed by atoms with Crippen molar-refractivity contribution in [2.75, 3.05) is 13.2 Å². The molecule has 1 rings (SSSR count). The van der Waals surface area contributed by atoms with Crippen molar-refractivity contribution >= 4 is 0 Å². The van der Waals surface area contributed by atoms with Gasteiger partial charge in [-0.2, -0.15) is 0 Å². The molecule has 1 unspecified atom stereocenters. The lowest BCUT2D eigenvalue weighted by Crippen LogP contribution is -2.37. The van der Waals surface area contributed by atoms with Crippen molar-refractivity contribution < 1.29 is 4.74 Å². The summed E-state index contributed by atoms with van der Waals surface area (Å²) in [5.41, 5.74) is 2.85. The summed E-state index contributed by atoms with van der Waals surface area (Å²) < 4.78 is 5.79. The molecule has 0 fully saturated rings. The van der Waals surface area contributed by atoms with Gasteiger partial charge < -0.3 is 10.1 Å². The van der Waals surface area contributed by atoms with Crippen LogP contribution in [0.3, 0.4) is 0 Å². The van der Waals surface area contributed by atoms with Crippen LogP contribution in [0.15, 0.2) is 24.3 Å². The zero-order valence-corrected chi connectivity index (χ0v) is 14.5. The summed E-state index contributed by atoms with van der Waals surface area (Å²) >= 11 is 0. The number of rotatable bonds is 9. The Balaban J connectivity index is 2.27. The summed E-state index contributed by atoms with van der Waals surface area (Å²) in [7, 11) is 0. The van der Waals surface area contributed by atoms with E-state index in [0.29, 0.717) is 5.92 Å². The maximum atomic E-state index is 5.79. The van der Waals surface area contributed by atoms with E-state index >= 15 is 0 Å². The predicted octanol–water partition coefficient (Wildman–Crippen LogP) is 4.57. The largest absolute Gasteiger partial charge is 0.376 e. The van der Waals surface area contributed by atoms with E-state index < -0.39 is 0 Å². The van der Waals surface area contributed by atoms with Crippen molar-refractivity contribution in [3.8, 4) is 0 Å². The van der Waals surface area contributed by atoms with Gasteiger partial charge in [0, 0.05) is 12.1 Å². The molecule has 21 heavy (non-hydrogen) atoms. The first-order valence-electron chi connectivity index (χ1n) is 8.31. The molecule has 0 heterocycles. The minimum Gasteiger partial charge on any atom is -0.376 e. The molecule has 0 spiro atoms. The Morgan fingerprint density at radius 1 is 1.10 bits per heavy atom. The smallest absolute Gasteiger partial charge is 0.0717 e. The maximum Gasteiger partial charge on any atom is 0.0717 e. The van der Waals surface area contributed by atoms with Crippen molar-refractivity contribution in [1.29, 1.82) is 0 Å². The number of nitrogens with one attached hydrogen (secondary N) is 1. The highest BCUT2D eigenvalue weighted by molar-refractivity contribution is 5.22.